The van der Waals surface area contributed by atoms with Gasteiger partial charge in [-0.15, -0.1) is 0 Å². The van der Waals surface area contributed by atoms with Gasteiger partial charge in [-0.1, -0.05) is 36.4 Å². The number of allylic oxidation sites excluding steroid dienone is 2. The summed E-state index contributed by atoms with van der Waals surface area (Å²) < 4.78 is 0. The lowest BCUT2D eigenvalue weighted by Crippen LogP contribution is -1.73. The van der Waals surface area contributed by atoms with Gasteiger partial charge in [-0.2, -0.15) is 0 Å². The summed E-state index contributed by atoms with van der Waals surface area (Å²) in [5, 5.41) is 0. The number of carbonyl (C=O) groups excluding carboxylic acids is 2. The van der Waals surface area contributed by atoms with Crippen molar-refractivity contribution in [2.75, 3.05) is 0 Å². The lowest BCUT2D eigenvalue weighted by molar-refractivity contribution is 0.562. The molecular formula is C11H10O2. The molecule has 0 spiro atoms. The molecule has 0 amide bonds. The van der Waals surface area contributed by atoms with Gasteiger partial charge in [0.15, 0.2) is 0 Å². The molecule has 2 radical (unpaired) electrons. The third-order valence-electron chi connectivity index (χ3n) is 1.13. The third-order valence-corrected chi connectivity index (χ3v) is 1.13. The molecule has 0 N–H and O–H groups in total. The molecule has 0 unspecified atom stereocenters. The first-order valence-corrected chi connectivity index (χ1v) is 3.77. The average molecular weight is 174 g/mol. The fraction of sp³-hybridized carbons (Fsp3) is 0.0909. The van der Waals surface area contributed by atoms with E-state index in [0.29, 0.717) is 5.56 Å². The summed E-state index contributed by atoms with van der Waals surface area (Å²) in [5.41, 5.74) is 0.604. The summed E-state index contributed by atoms with van der Waals surface area (Å²) in [7, 11) is 0. The number of rotatable bonds is 2. The maximum absolute atomic E-state index is 9.88. The molecule has 0 fully saturated rings. The third kappa shape index (κ3) is 6.69. The van der Waals surface area contributed by atoms with Crippen LogP contribution in [0.2, 0.25) is 0 Å². The van der Waals surface area contributed by atoms with Crippen LogP contribution in [0.15, 0.2) is 42.5 Å². The summed E-state index contributed by atoms with van der Waals surface area (Å²) in [5.74, 6) is 0. The molecule has 0 saturated carbocycles. The van der Waals surface area contributed by atoms with Gasteiger partial charge in [0.25, 0.3) is 0 Å². The maximum Gasteiger partial charge on any atom is 0.233 e. The second-order valence-corrected chi connectivity index (χ2v) is 2.09. The molecule has 0 heterocycles. The molecule has 1 aromatic carbocycles. The van der Waals surface area contributed by atoms with Crippen LogP contribution in [0.5, 0.6) is 0 Å². The molecule has 1 rings (SSSR count). The van der Waals surface area contributed by atoms with E-state index in [-0.39, 0.29) is 0 Å². The van der Waals surface area contributed by atoms with Gasteiger partial charge in [-0.05, 0) is 13.0 Å². The highest BCUT2D eigenvalue weighted by atomic mass is 16.1. The molecule has 0 saturated heterocycles. The highest BCUT2D eigenvalue weighted by Gasteiger charge is 1.81. The van der Waals surface area contributed by atoms with Crippen molar-refractivity contribution in [1.82, 2.24) is 0 Å². The monoisotopic (exact) mass is 174 g/mol. The predicted octanol–water partition coefficient (Wildman–Crippen LogP) is 1.82. The van der Waals surface area contributed by atoms with Crippen LogP contribution in [0.4, 0.5) is 0 Å². The molecule has 13 heavy (non-hydrogen) atoms. The Morgan fingerprint density at radius 3 is 2.00 bits per heavy atom. The van der Waals surface area contributed by atoms with Gasteiger partial charge in [0.05, 0.1) is 0 Å². The quantitative estimate of drug-likeness (QED) is 0.641. The van der Waals surface area contributed by atoms with Crippen molar-refractivity contribution >= 4 is 12.6 Å². The first-order chi connectivity index (χ1) is 6.35. The highest BCUT2D eigenvalue weighted by Crippen LogP contribution is 1.91. The topological polar surface area (TPSA) is 34.1 Å². The standard InChI is InChI=1S/C7H5O.C4H5O/c8-6-7-4-2-1-3-5-7;1-2-3-4-5/h1-5H;2-3H,1H3. The summed E-state index contributed by atoms with van der Waals surface area (Å²) >= 11 is 0. The van der Waals surface area contributed by atoms with Crippen LogP contribution in [0, 0.1) is 0 Å². The zero-order valence-electron chi connectivity index (χ0n) is 7.36. The van der Waals surface area contributed by atoms with Crippen molar-refractivity contribution in [3.8, 4) is 0 Å². The minimum atomic E-state index is 0.604. The molecule has 66 valence electrons. The highest BCUT2D eigenvalue weighted by molar-refractivity contribution is 5.74. The molecule has 0 aromatic heterocycles. The predicted molar refractivity (Wildman–Crippen MR) is 51.7 cm³/mol. The zero-order valence-corrected chi connectivity index (χ0v) is 7.36. The lowest BCUT2D eigenvalue weighted by Gasteiger charge is -1.80. The molecule has 0 bridgehead atoms. The van der Waals surface area contributed by atoms with Gasteiger partial charge in [0, 0.05) is 5.56 Å². The Balaban J connectivity index is 0.000000252. The molecule has 0 aliphatic rings. The SMILES string of the molecule is CC=C[C]=O.O=[C]c1ccccc1. The first kappa shape index (κ1) is 11.3. The molecule has 0 atom stereocenters. The van der Waals surface area contributed by atoms with E-state index >= 15 is 0 Å². The van der Waals surface area contributed by atoms with Gasteiger partial charge in [0.1, 0.15) is 0 Å². The zero-order chi connectivity index (χ0) is 9.94. The van der Waals surface area contributed by atoms with Gasteiger partial charge in [-0.3, -0.25) is 9.59 Å². The fourth-order valence-corrected chi connectivity index (χ4v) is 0.574. The van der Waals surface area contributed by atoms with E-state index in [1.807, 2.05) is 6.07 Å². The Hall–Kier alpha value is -1.70. The van der Waals surface area contributed by atoms with Crippen LogP contribution < -0.4 is 0 Å². The molecule has 1 aromatic rings. The average Bonchev–Trinajstić information content (AvgIpc) is 2.21. The minimum absolute atomic E-state index is 0.604. The van der Waals surface area contributed by atoms with Crippen molar-refractivity contribution in [2.24, 2.45) is 0 Å². The van der Waals surface area contributed by atoms with Gasteiger partial charge < -0.3 is 0 Å². The molecular weight excluding hydrogens is 164 g/mol. The van der Waals surface area contributed by atoms with E-state index in [2.05, 4.69) is 0 Å². The van der Waals surface area contributed by atoms with Gasteiger partial charge >= 0.3 is 0 Å². The normalized spacial score (nSPS) is 8.69. The largest absolute Gasteiger partial charge is 0.286 e. The second kappa shape index (κ2) is 8.40. The Kier molecular flexibility index (Phi) is 7.30. The van der Waals surface area contributed by atoms with Gasteiger partial charge in [0.2, 0.25) is 12.6 Å². The van der Waals surface area contributed by atoms with Crippen LogP contribution >= 0.6 is 0 Å². The Labute approximate surface area is 77.9 Å². The number of hydrogen-bond acceptors (Lipinski definition) is 2. The van der Waals surface area contributed by atoms with Crippen LogP contribution in [-0.4, -0.2) is 12.6 Å². The van der Waals surface area contributed by atoms with E-state index in [9.17, 15) is 9.59 Å². The van der Waals surface area contributed by atoms with Crippen molar-refractivity contribution in [1.29, 1.82) is 0 Å². The second-order valence-electron chi connectivity index (χ2n) is 2.09. The van der Waals surface area contributed by atoms with E-state index in [1.54, 1.807) is 49.8 Å². The molecule has 2 nitrogen and oxygen atoms in total. The first-order valence-electron chi connectivity index (χ1n) is 3.77. The Morgan fingerprint density at radius 1 is 1.15 bits per heavy atom. The van der Waals surface area contributed by atoms with Crippen LogP contribution in [0.1, 0.15) is 12.5 Å². The summed E-state index contributed by atoms with van der Waals surface area (Å²) in [6.45, 7) is 1.77. The molecule has 0 aliphatic heterocycles. The Bertz CT molecular complexity index is 263. The minimum Gasteiger partial charge on any atom is -0.286 e. The number of benzene rings is 1. The van der Waals surface area contributed by atoms with Crippen molar-refractivity contribution in [3.63, 3.8) is 0 Å². The van der Waals surface area contributed by atoms with Crippen LogP contribution in [-0.2, 0) is 9.59 Å². The van der Waals surface area contributed by atoms with Crippen LogP contribution in [0.25, 0.3) is 0 Å². The maximum atomic E-state index is 9.88. The Morgan fingerprint density at radius 2 is 1.77 bits per heavy atom. The van der Waals surface area contributed by atoms with Crippen molar-refractivity contribution in [3.05, 3.63) is 48.0 Å². The van der Waals surface area contributed by atoms with Crippen molar-refractivity contribution in [2.45, 2.75) is 6.92 Å². The number of hydrogen-bond donors (Lipinski definition) is 0. The van der Waals surface area contributed by atoms with Crippen molar-refractivity contribution < 1.29 is 9.59 Å². The summed E-state index contributed by atoms with van der Waals surface area (Å²) in [4.78, 5) is 19.1. The van der Waals surface area contributed by atoms with E-state index in [0.717, 1.165) is 0 Å². The summed E-state index contributed by atoms with van der Waals surface area (Å²) in [6, 6.07) is 8.90. The van der Waals surface area contributed by atoms with E-state index in [4.69, 9.17) is 0 Å². The van der Waals surface area contributed by atoms with E-state index in [1.165, 1.54) is 6.08 Å². The lowest BCUT2D eigenvalue weighted by atomic mass is 10.2. The summed E-state index contributed by atoms with van der Waals surface area (Å²) in [6.07, 6.45) is 6.32. The molecule has 2 heteroatoms. The van der Waals surface area contributed by atoms with Gasteiger partial charge in [-0.25, -0.2) is 0 Å². The smallest absolute Gasteiger partial charge is 0.233 e. The fourth-order valence-electron chi connectivity index (χ4n) is 0.574. The molecule has 0 aliphatic carbocycles. The van der Waals surface area contributed by atoms with Crippen LogP contribution in [0.3, 0.4) is 0 Å². The van der Waals surface area contributed by atoms with E-state index < -0.39 is 0 Å².